The van der Waals surface area contributed by atoms with Crippen LogP contribution in [0.3, 0.4) is 0 Å². The van der Waals surface area contributed by atoms with Crippen molar-refractivity contribution in [1.82, 2.24) is 20.4 Å². The summed E-state index contributed by atoms with van der Waals surface area (Å²) in [5.41, 5.74) is 0. The van der Waals surface area contributed by atoms with E-state index in [1.807, 2.05) is 0 Å². The molecule has 2 aliphatic heterocycles. The zero-order valence-electron chi connectivity index (χ0n) is 10.6. The maximum Gasteiger partial charge on any atom is 0.329 e. The second kappa shape index (κ2) is 6.85. The lowest BCUT2D eigenvalue weighted by atomic mass is 10.2. The van der Waals surface area contributed by atoms with Gasteiger partial charge in [-0.25, -0.2) is 9.59 Å². The van der Waals surface area contributed by atoms with Crippen LogP contribution < -0.4 is 10.6 Å². The first-order chi connectivity index (χ1) is 10.2. The molecule has 12 heteroatoms. The van der Waals surface area contributed by atoms with Gasteiger partial charge in [0.1, 0.15) is 19.4 Å². The van der Waals surface area contributed by atoms with Crippen molar-refractivity contribution in [1.29, 1.82) is 0 Å². The first-order valence-electron chi connectivity index (χ1n) is 5.80. The van der Waals surface area contributed by atoms with Crippen molar-refractivity contribution in [3.63, 3.8) is 0 Å². The highest BCUT2D eigenvalue weighted by Gasteiger charge is 2.40. The molecule has 0 saturated carbocycles. The van der Waals surface area contributed by atoms with Crippen LogP contribution in [0.5, 0.6) is 0 Å². The van der Waals surface area contributed by atoms with Crippen LogP contribution in [0.25, 0.3) is 0 Å². The standard InChI is InChI=1S/C10H8Br3ClN4O4/c11-3-1-17(9(21)15-6(3)19)8(5(13)14)18-2-4(12)7(20)16-10(18)22/h3-4H,1-2H2,(H,15,19,21)(H,16,20,22). The first-order valence-corrected chi connectivity index (χ1v) is 8.80. The third-order valence-corrected chi connectivity index (χ3v) is 4.82. The molecule has 0 radical (unpaired) electrons. The van der Waals surface area contributed by atoms with E-state index in [0.29, 0.717) is 0 Å². The molecule has 0 bridgehead atoms. The van der Waals surface area contributed by atoms with E-state index in [0.717, 1.165) is 9.80 Å². The Kier molecular flexibility index (Phi) is 5.51. The van der Waals surface area contributed by atoms with Gasteiger partial charge in [0.2, 0.25) is 11.8 Å². The van der Waals surface area contributed by atoms with E-state index in [9.17, 15) is 19.2 Å². The van der Waals surface area contributed by atoms with Crippen molar-refractivity contribution in [3.8, 4) is 0 Å². The van der Waals surface area contributed by atoms with Gasteiger partial charge in [-0.3, -0.25) is 30.0 Å². The molecule has 0 aromatic rings. The van der Waals surface area contributed by atoms with Crippen molar-refractivity contribution in [3.05, 3.63) is 9.76 Å². The Balaban J connectivity index is 2.34. The molecule has 120 valence electrons. The molecule has 0 spiro atoms. The molecule has 2 heterocycles. The van der Waals surface area contributed by atoms with Crippen LogP contribution in [0.1, 0.15) is 0 Å². The Hall–Kier alpha value is -0.650. The maximum atomic E-state index is 12.0. The van der Waals surface area contributed by atoms with Gasteiger partial charge in [-0.2, -0.15) is 0 Å². The maximum absolute atomic E-state index is 12.0. The Morgan fingerprint density at radius 3 is 1.64 bits per heavy atom. The summed E-state index contributed by atoms with van der Waals surface area (Å²) in [6, 6.07) is -1.44. The monoisotopic (exact) mass is 520 g/mol. The number of urea groups is 2. The molecule has 2 rings (SSSR count). The lowest BCUT2D eigenvalue weighted by Gasteiger charge is -2.38. The summed E-state index contributed by atoms with van der Waals surface area (Å²) < 4.78 is -0.0131. The number of amides is 6. The molecule has 0 aromatic carbocycles. The van der Waals surface area contributed by atoms with Gasteiger partial charge in [-0.05, 0) is 15.9 Å². The summed E-state index contributed by atoms with van der Waals surface area (Å²) in [6.07, 6.45) is 0. The van der Waals surface area contributed by atoms with Crippen molar-refractivity contribution in [2.24, 2.45) is 0 Å². The molecule has 0 aromatic heterocycles. The highest BCUT2D eigenvalue weighted by molar-refractivity contribution is 9.12. The number of carbonyl (C=O) groups excluding carboxylic acids is 4. The number of nitrogens with zero attached hydrogens (tertiary/aromatic N) is 2. The number of imide groups is 2. The second-order valence-electron chi connectivity index (χ2n) is 4.33. The molecule has 0 aliphatic carbocycles. The van der Waals surface area contributed by atoms with Crippen LogP contribution in [0, 0.1) is 0 Å². The van der Waals surface area contributed by atoms with Crippen LogP contribution in [0.4, 0.5) is 9.59 Å². The van der Waals surface area contributed by atoms with Gasteiger partial charge >= 0.3 is 12.1 Å². The number of carbonyl (C=O) groups is 4. The minimum atomic E-state index is -0.718. The molecule has 2 atom stereocenters. The predicted octanol–water partition coefficient (Wildman–Crippen LogP) is 1.38. The van der Waals surface area contributed by atoms with Gasteiger partial charge in [-0.15, -0.1) is 0 Å². The van der Waals surface area contributed by atoms with Crippen molar-refractivity contribution < 1.29 is 19.2 Å². The molecule has 22 heavy (non-hydrogen) atoms. The van der Waals surface area contributed by atoms with E-state index in [1.165, 1.54) is 0 Å². The Labute approximate surface area is 154 Å². The molecular weight excluding hydrogens is 515 g/mol. The highest BCUT2D eigenvalue weighted by Crippen LogP contribution is 2.28. The summed E-state index contributed by atoms with van der Waals surface area (Å²) in [5, 5.41) is 4.28. The average Bonchev–Trinajstić information content (AvgIpc) is 2.41. The SMILES string of the molecule is O=C1NC(=O)N(C(=C(Cl)Br)N2CC(Br)C(=O)NC2=O)CC1Br. The molecule has 2 saturated heterocycles. The van der Waals surface area contributed by atoms with Crippen molar-refractivity contribution in [2.45, 2.75) is 9.65 Å². The summed E-state index contributed by atoms with van der Waals surface area (Å²) in [6.45, 7) is -0.0427. The fraction of sp³-hybridized carbons (Fsp3) is 0.400. The van der Waals surface area contributed by atoms with Gasteiger partial charge in [0.25, 0.3) is 0 Å². The highest BCUT2D eigenvalue weighted by atomic mass is 79.9. The van der Waals surface area contributed by atoms with Crippen molar-refractivity contribution in [2.75, 3.05) is 13.1 Å². The summed E-state index contributed by atoms with van der Waals surface area (Å²) in [4.78, 5) is 47.9. The normalized spacial score (nSPS) is 25.8. The predicted molar refractivity (Wildman–Crippen MR) is 87.7 cm³/mol. The van der Waals surface area contributed by atoms with Crippen LogP contribution in [0.2, 0.25) is 0 Å². The number of rotatable bonds is 2. The van der Waals surface area contributed by atoms with Crippen LogP contribution in [0.15, 0.2) is 9.76 Å². The minimum Gasteiger partial charge on any atom is -0.277 e. The van der Waals surface area contributed by atoms with Gasteiger partial charge < -0.3 is 0 Å². The smallest absolute Gasteiger partial charge is 0.277 e. The lowest BCUT2D eigenvalue weighted by molar-refractivity contribution is -0.121. The Morgan fingerprint density at radius 2 is 1.32 bits per heavy atom. The third kappa shape index (κ3) is 3.47. The third-order valence-electron chi connectivity index (χ3n) is 2.89. The van der Waals surface area contributed by atoms with E-state index >= 15 is 0 Å². The lowest BCUT2D eigenvalue weighted by Crippen LogP contribution is -2.61. The summed E-state index contributed by atoms with van der Waals surface area (Å²) in [7, 11) is 0. The van der Waals surface area contributed by atoms with Crippen LogP contribution in [-0.2, 0) is 9.59 Å². The molecule has 2 aliphatic rings. The van der Waals surface area contributed by atoms with E-state index in [2.05, 4.69) is 58.4 Å². The molecule has 2 fully saturated rings. The number of nitrogens with one attached hydrogen (secondary N) is 2. The fourth-order valence-corrected chi connectivity index (χ4v) is 3.31. The zero-order chi connectivity index (χ0) is 16.6. The number of hydrogen-bond donors (Lipinski definition) is 2. The topological polar surface area (TPSA) is 98.8 Å². The van der Waals surface area contributed by atoms with Gasteiger partial charge in [-0.1, -0.05) is 43.5 Å². The molecular formula is C10H8Br3ClN4O4. The molecule has 2 N–H and O–H groups in total. The minimum absolute atomic E-state index is 0.0131. The number of hydrogen-bond acceptors (Lipinski definition) is 4. The number of alkyl halides is 2. The van der Waals surface area contributed by atoms with Crippen molar-refractivity contribution >= 4 is 83.3 Å². The van der Waals surface area contributed by atoms with Crippen LogP contribution in [-0.4, -0.2) is 56.4 Å². The quantitative estimate of drug-likeness (QED) is 0.535. The second-order valence-corrected chi connectivity index (χ2v) is 8.17. The fourth-order valence-electron chi connectivity index (χ4n) is 1.87. The summed E-state index contributed by atoms with van der Waals surface area (Å²) >= 11 is 15.3. The molecule has 2 unspecified atom stereocenters. The van der Waals surface area contributed by atoms with Crippen LogP contribution >= 0.6 is 59.4 Å². The Bertz CT molecular complexity index is 551. The van der Waals surface area contributed by atoms with E-state index in [4.69, 9.17) is 11.6 Å². The van der Waals surface area contributed by atoms with E-state index in [-0.39, 0.29) is 22.9 Å². The molecule has 8 nitrogen and oxygen atoms in total. The van der Waals surface area contributed by atoms with E-state index < -0.39 is 33.5 Å². The zero-order valence-corrected chi connectivity index (χ0v) is 16.1. The van der Waals surface area contributed by atoms with Gasteiger partial charge in [0.15, 0.2) is 0 Å². The van der Waals surface area contributed by atoms with E-state index in [1.54, 1.807) is 0 Å². The molecule has 6 amide bonds. The van der Waals surface area contributed by atoms with Gasteiger partial charge in [0, 0.05) is 0 Å². The Morgan fingerprint density at radius 1 is 0.955 bits per heavy atom. The average molecular weight is 523 g/mol. The van der Waals surface area contributed by atoms with Gasteiger partial charge in [0.05, 0.1) is 13.1 Å². The first kappa shape index (κ1) is 17.7. The largest absolute Gasteiger partial charge is 0.329 e. The summed E-state index contributed by atoms with van der Waals surface area (Å²) in [5.74, 6) is -0.934. The number of halogens is 4.